The lowest BCUT2D eigenvalue weighted by Gasteiger charge is -2.30. The molecule has 122 valence electrons. The van der Waals surface area contributed by atoms with Crippen LogP contribution in [0, 0.1) is 0 Å². The zero-order chi connectivity index (χ0) is 16.3. The third-order valence-corrected chi connectivity index (χ3v) is 3.25. The Bertz CT molecular complexity index is 560. The number of hydrogen-bond donors (Lipinski definition) is 0. The molecule has 2 heterocycles. The highest BCUT2D eigenvalue weighted by Crippen LogP contribution is 2.21. The fourth-order valence-corrected chi connectivity index (χ4v) is 2.34. The monoisotopic (exact) mass is 309 g/mol. The maximum Gasteiger partial charge on any atom is 0.410 e. The minimum absolute atomic E-state index is 0.107. The molecule has 7 nitrogen and oxygen atoms in total. The van der Waals surface area contributed by atoms with Gasteiger partial charge in [-0.1, -0.05) is 0 Å². The summed E-state index contributed by atoms with van der Waals surface area (Å²) in [5.41, 5.74) is 1.42. The summed E-state index contributed by atoms with van der Waals surface area (Å²) in [6.07, 6.45) is 2.02. The molecule has 0 atom stereocenters. The molecule has 1 aromatic heterocycles. The number of nitrogens with zero attached hydrogens (tertiary/aromatic N) is 3. The van der Waals surface area contributed by atoms with Crippen molar-refractivity contribution in [3.05, 3.63) is 17.5 Å². The van der Waals surface area contributed by atoms with E-state index in [9.17, 15) is 9.59 Å². The van der Waals surface area contributed by atoms with E-state index >= 15 is 0 Å². The Morgan fingerprint density at radius 1 is 1.36 bits per heavy atom. The van der Waals surface area contributed by atoms with Gasteiger partial charge in [-0.25, -0.2) is 4.79 Å². The van der Waals surface area contributed by atoms with Crippen molar-refractivity contribution < 1.29 is 19.1 Å². The highest BCUT2D eigenvalue weighted by atomic mass is 16.6. The lowest BCUT2D eigenvalue weighted by atomic mass is 10.1. The van der Waals surface area contributed by atoms with Crippen molar-refractivity contribution >= 4 is 12.1 Å². The van der Waals surface area contributed by atoms with Crippen LogP contribution in [0.3, 0.4) is 0 Å². The first-order valence-electron chi connectivity index (χ1n) is 7.47. The van der Waals surface area contributed by atoms with Crippen LogP contribution in [0.4, 0.5) is 4.79 Å². The van der Waals surface area contributed by atoms with Gasteiger partial charge in [0.2, 0.25) is 0 Å². The smallest absolute Gasteiger partial charge is 0.410 e. The van der Waals surface area contributed by atoms with Crippen LogP contribution in [0.15, 0.2) is 6.20 Å². The van der Waals surface area contributed by atoms with Crippen molar-refractivity contribution in [2.45, 2.75) is 52.8 Å². The van der Waals surface area contributed by atoms with Crippen LogP contribution in [-0.4, -0.2) is 45.5 Å². The van der Waals surface area contributed by atoms with Crippen molar-refractivity contribution in [3.63, 3.8) is 0 Å². The molecular formula is C15H23N3O4. The minimum Gasteiger partial charge on any atom is -0.465 e. The predicted molar refractivity (Wildman–Crippen MR) is 79.2 cm³/mol. The number of amides is 1. The van der Waals surface area contributed by atoms with Crippen molar-refractivity contribution in [1.29, 1.82) is 0 Å². The van der Waals surface area contributed by atoms with E-state index in [-0.39, 0.29) is 18.6 Å². The molecule has 0 aliphatic carbocycles. The first kappa shape index (κ1) is 16.3. The fourth-order valence-electron chi connectivity index (χ4n) is 2.34. The van der Waals surface area contributed by atoms with Gasteiger partial charge in [0.05, 0.1) is 19.3 Å². The molecule has 1 aliphatic rings. The van der Waals surface area contributed by atoms with Gasteiger partial charge in [0.25, 0.3) is 0 Å². The average Bonchev–Trinajstić information content (AvgIpc) is 2.79. The Morgan fingerprint density at radius 3 is 2.73 bits per heavy atom. The van der Waals surface area contributed by atoms with Crippen molar-refractivity contribution in [3.8, 4) is 0 Å². The number of ether oxygens (including phenoxy) is 2. The summed E-state index contributed by atoms with van der Waals surface area (Å²) in [7, 11) is 0. The molecule has 0 spiro atoms. The molecule has 0 fully saturated rings. The van der Waals surface area contributed by atoms with E-state index in [2.05, 4.69) is 5.10 Å². The molecule has 0 radical (unpaired) electrons. The summed E-state index contributed by atoms with van der Waals surface area (Å²) in [6, 6.07) is 0. The molecule has 2 rings (SSSR count). The zero-order valence-electron chi connectivity index (χ0n) is 13.6. The van der Waals surface area contributed by atoms with Gasteiger partial charge in [-0.05, 0) is 27.7 Å². The topological polar surface area (TPSA) is 73.7 Å². The van der Waals surface area contributed by atoms with E-state index < -0.39 is 5.60 Å². The van der Waals surface area contributed by atoms with Crippen LogP contribution in [-0.2, 0) is 33.8 Å². The molecule has 0 bridgehead atoms. The van der Waals surface area contributed by atoms with Crippen LogP contribution in [0.2, 0.25) is 0 Å². The van der Waals surface area contributed by atoms with Crippen molar-refractivity contribution in [2.75, 3.05) is 13.2 Å². The van der Waals surface area contributed by atoms with Gasteiger partial charge in [-0.2, -0.15) is 5.10 Å². The van der Waals surface area contributed by atoms with Gasteiger partial charge < -0.3 is 14.4 Å². The van der Waals surface area contributed by atoms with Gasteiger partial charge in [0.1, 0.15) is 12.1 Å². The zero-order valence-corrected chi connectivity index (χ0v) is 13.6. The van der Waals surface area contributed by atoms with Crippen LogP contribution in [0.25, 0.3) is 0 Å². The largest absolute Gasteiger partial charge is 0.465 e. The Hall–Kier alpha value is -2.05. The lowest BCUT2D eigenvalue weighted by Crippen LogP contribution is -2.40. The number of esters is 1. The first-order valence-corrected chi connectivity index (χ1v) is 7.47. The maximum atomic E-state index is 12.1. The Morgan fingerprint density at radius 2 is 2.09 bits per heavy atom. The third-order valence-electron chi connectivity index (χ3n) is 3.25. The van der Waals surface area contributed by atoms with Crippen LogP contribution >= 0.6 is 0 Å². The Balaban J connectivity index is 2.02. The second-order valence-electron chi connectivity index (χ2n) is 6.23. The normalized spacial score (nSPS) is 14.5. The minimum atomic E-state index is -0.508. The third kappa shape index (κ3) is 3.99. The number of carbonyl (C=O) groups is 2. The molecule has 1 amide bonds. The summed E-state index contributed by atoms with van der Waals surface area (Å²) in [5.74, 6) is -0.303. The molecule has 1 aromatic rings. The molecule has 22 heavy (non-hydrogen) atoms. The molecule has 0 saturated carbocycles. The summed E-state index contributed by atoms with van der Waals surface area (Å²) in [6.45, 7) is 8.77. The highest BCUT2D eigenvalue weighted by molar-refractivity contribution is 5.70. The maximum absolute atomic E-state index is 12.1. The van der Waals surface area contributed by atoms with E-state index in [0.717, 1.165) is 11.3 Å². The molecule has 0 N–H and O–H groups in total. The van der Waals surface area contributed by atoms with Gasteiger partial charge in [0, 0.05) is 24.2 Å². The summed E-state index contributed by atoms with van der Waals surface area (Å²) in [4.78, 5) is 25.3. The molecule has 0 saturated heterocycles. The summed E-state index contributed by atoms with van der Waals surface area (Å²) >= 11 is 0. The fraction of sp³-hybridized carbons (Fsp3) is 0.667. The number of aromatic nitrogens is 2. The summed E-state index contributed by atoms with van der Waals surface area (Å²) in [5, 5.41) is 4.23. The second kappa shape index (κ2) is 6.37. The highest BCUT2D eigenvalue weighted by Gasteiger charge is 2.28. The van der Waals surface area contributed by atoms with E-state index in [1.165, 1.54) is 0 Å². The Labute approximate surface area is 130 Å². The number of rotatable bonds is 3. The van der Waals surface area contributed by atoms with Crippen LogP contribution in [0.5, 0.6) is 0 Å². The number of fused-ring (bicyclic) bond motifs is 1. The summed E-state index contributed by atoms with van der Waals surface area (Å²) < 4.78 is 12.0. The van der Waals surface area contributed by atoms with Crippen molar-refractivity contribution in [2.24, 2.45) is 0 Å². The van der Waals surface area contributed by atoms with Gasteiger partial charge in [0.15, 0.2) is 0 Å². The number of carbonyl (C=O) groups excluding carboxylic acids is 2. The van der Waals surface area contributed by atoms with Crippen LogP contribution < -0.4 is 0 Å². The SMILES string of the molecule is CCOC(=O)Cn1ncc2c1CCN(C(=O)OC(C)(C)C)C2. The molecular weight excluding hydrogens is 286 g/mol. The van der Waals surface area contributed by atoms with Crippen LogP contribution in [0.1, 0.15) is 39.0 Å². The molecule has 1 aliphatic heterocycles. The van der Waals surface area contributed by atoms with Gasteiger partial charge in [-0.3, -0.25) is 9.48 Å². The molecule has 7 heteroatoms. The van der Waals surface area contributed by atoms with E-state index in [4.69, 9.17) is 9.47 Å². The Kier molecular flexibility index (Phi) is 4.73. The van der Waals surface area contributed by atoms with Crippen molar-refractivity contribution in [1.82, 2.24) is 14.7 Å². The van der Waals surface area contributed by atoms with E-state index in [1.807, 2.05) is 20.8 Å². The van der Waals surface area contributed by atoms with E-state index in [0.29, 0.717) is 26.1 Å². The first-order chi connectivity index (χ1) is 10.3. The lowest BCUT2D eigenvalue weighted by molar-refractivity contribution is -0.144. The number of hydrogen-bond acceptors (Lipinski definition) is 5. The quantitative estimate of drug-likeness (QED) is 0.795. The predicted octanol–water partition coefficient (Wildman–Crippen LogP) is 1.74. The second-order valence-corrected chi connectivity index (χ2v) is 6.23. The van der Waals surface area contributed by atoms with Gasteiger partial charge in [-0.15, -0.1) is 0 Å². The van der Waals surface area contributed by atoms with E-state index in [1.54, 1.807) is 22.7 Å². The molecule has 0 unspecified atom stereocenters. The van der Waals surface area contributed by atoms with Gasteiger partial charge >= 0.3 is 12.1 Å². The molecule has 0 aromatic carbocycles. The average molecular weight is 309 g/mol. The standard InChI is InChI=1S/C15H23N3O4/c1-5-21-13(19)10-18-12-6-7-17(9-11(12)8-16-18)14(20)22-15(2,3)4/h8H,5-7,9-10H2,1-4H3.